The molecule has 0 radical (unpaired) electrons. The third-order valence-corrected chi connectivity index (χ3v) is 5.45. The van der Waals surface area contributed by atoms with Crippen molar-refractivity contribution in [3.8, 4) is 5.75 Å². The number of Topliss-reactive ketones (excluding diaryl/α,β-unsaturated/α-hetero) is 1. The van der Waals surface area contributed by atoms with Crippen LogP contribution in [0.15, 0.2) is 42.9 Å². The predicted octanol–water partition coefficient (Wildman–Crippen LogP) is 4.42. The zero-order valence-corrected chi connectivity index (χ0v) is 18.5. The molecule has 0 amide bonds. The first-order chi connectivity index (χ1) is 14.9. The van der Waals surface area contributed by atoms with Crippen molar-refractivity contribution in [2.24, 2.45) is 5.92 Å². The zero-order valence-electron chi connectivity index (χ0n) is 18.5. The van der Waals surface area contributed by atoms with Gasteiger partial charge in [-0.25, -0.2) is 9.97 Å². The van der Waals surface area contributed by atoms with Crippen molar-refractivity contribution < 1.29 is 9.53 Å². The Morgan fingerprint density at radius 2 is 2.10 bits per heavy atom. The number of anilines is 2. The van der Waals surface area contributed by atoms with E-state index in [1.54, 1.807) is 6.33 Å². The minimum Gasteiger partial charge on any atom is -0.486 e. The number of nitrogens with zero attached hydrogens (tertiary/aromatic N) is 3. The van der Waals surface area contributed by atoms with Gasteiger partial charge in [-0.2, -0.15) is 0 Å². The molecular weight excluding hydrogens is 390 g/mol. The number of piperidine rings is 1. The SMILES string of the molecule is CC(C)(C)Oc1ccccc1NCC(=O)C[C@@H]1CCCN(c2ncnc3[nH]ccc23)C1. The number of H-pyrrole nitrogens is 1. The average molecular weight is 422 g/mol. The summed E-state index contributed by atoms with van der Waals surface area (Å²) in [5.41, 5.74) is 1.41. The third kappa shape index (κ3) is 5.34. The van der Waals surface area contributed by atoms with E-state index < -0.39 is 0 Å². The van der Waals surface area contributed by atoms with Gasteiger partial charge in [-0.1, -0.05) is 12.1 Å². The van der Waals surface area contributed by atoms with Crippen LogP contribution in [0, 0.1) is 5.92 Å². The minimum absolute atomic E-state index is 0.215. The van der Waals surface area contributed by atoms with Crippen LogP contribution < -0.4 is 15.0 Å². The smallest absolute Gasteiger partial charge is 0.152 e. The molecule has 3 heterocycles. The van der Waals surface area contributed by atoms with Crippen molar-refractivity contribution in [1.82, 2.24) is 15.0 Å². The van der Waals surface area contributed by atoms with Gasteiger partial charge in [0.05, 0.1) is 17.6 Å². The molecule has 164 valence electrons. The third-order valence-electron chi connectivity index (χ3n) is 5.45. The van der Waals surface area contributed by atoms with Crippen molar-refractivity contribution in [3.05, 3.63) is 42.9 Å². The summed E-state index contributed by atoms with van der Waals surface area (Å²) in [5.74, 6) is 2.26. The molecule has 0 saturated carbocycles. The van der Waals surface area contributed by atoms with Crippen molar-refractivity contribution in [2.45, 2.75) is 45.6 Å². The maximum absolute atomic E-state index is 12.7. The predicted molar refractivity (Wildman–Crippen MR) is 124 cm³/mol. The van der Waals surface area contributed by atoms with Crippen molar-refractivity contribution in [3.63, 3.8) is 0 Å². The molecule has 31 heavy (non-hydrogen) atoms. The largest absolute Gasteiger partial charge is 0.486 e. The topological polar surface area (TPSA) is 83.1 Å². The number of hydrogen-bond donors (Lipinski definition) is 2. The number of hydrogen-bond acceptors (Lipinski definition) is 6. The van der Waals surface area contributed by atoms with Gasteiger partial charge in [0.1, 0.15) is 29.1 Å². The molecule has 1 aliphatic rings. The molecule has 0 bridgehead atoms. The first kappa shape index (κ1) is 21.2. The van der Waals surface area contributed by atoms with Gasteiger partial charge in [0.15, 0.2) is 5.78 Å². The Hall–Kier alpha value is -3.09. The lowest BCUT2D eigenvalue weighted by Gasteiger charge is -2.33. The van der Waals surface area contributed by atoms with E-state index in [0.717, 1.165) is 54.2 Å². The molecule has 4 rings (SSSR count). The summed E-state index contributed by atoms with van der Waals surface area (Å²) in [6.07, 6.45) is 6.18. The molecule has 1 aliphatic heterocycles. The van der Waals surface area contributed by atoms with Gasteiger partial charge in [-0.3, -0.25) is 4.79 Å². The fourth-order valence-corrected chi connectivity index (χ4v) is 4.15. The summed E-state index contributed by atoms with van der Waals surface area (Å²) >= 11 is 0. The number of carbonyl (C=O) groups excluding carboxylic acids is 1. The molecule has 1 fully saturated rings. The average Bonchev–Trinajstić information content (AvgIpc) is 3.21. The summed E-state index contributed by atoms with van der Waals surface area (Å²) < 4.78 is 6.01. The lowest BCUT2D eigenvalue weighted by atomic mass is 9.92. The molecule has 2 N–H and O–H groups in total. The van der Waals surface area contributed by atoms with Crippen molar-refractivity contribution >= 4 is 28.3 Å². The lowest BCUT2D eigenvalue weighted by molar-refractivity contribution is -0.118. The molecule has 1 saturated heterocycles. The Morgan fingerprint density at radius 1 is 1.26 bits per heavy atom. The first-order valence-corrected chi connectivity index (χ1v) is 11.0. The Kier molecular flexibility index (Phi) is 6.11. The van der Waals surface area contributed by atoms with Crippen LogP contribution in [-0.4, -0.2) is 46.0 Å². The Balaban J connectivity index is 1.35. The van der Waals surface area contributed by atoms with Crippen LogP contribution in [0.5, 0.6) is 5.75 Å². The number of ether oxygens (including phenoxy) is 1. The van der Waals surface area contributed by atoms with Gasteiger partial charge in [0.2, 0.25) is 0 Å². The molecule has 2 aromatic heterocycles. The Morgan fingerprint density at radius 3 is 2.94 bits per heavy atom. The van der Waals surface area contributed by atoms with Gasteiger partial charge in [0, 0.05) is 25.7 Å². The van der Waals surface area contributed by atoms with E-state index in [9.17, 15) is 4.79 Å². The number of fused-ring (bicyclic) bond motifs is 1. The van der Waals surface area contributed by atoms with Crippen LogP contribution in [0.1, 0.15) is 40.0 Å². The molecule has 7 nitrogen and oxygen atoms in total. The molecule has 0 unspecified atom stereocenters. The number of aromatic amines is 1. The van der Waals surface area contributed by atoms with Gasteiger partial charge >= 0.3 is 0 Å². The van der Waals surface area contributed by atoms with Gasteiger partial charge in [0.25, 0.3) is 0 Å². The highest BCUT2D eigenvalue weighted by atomic mass is 16.5. The van der Waals surface area contributed by atoms with Crippen LogP contribution in [0.25, 0.3) is 11.0 Å². The Labute approximate surface area is 183 Å². The van der Waals surface area contributed by atoms with E-state index in [2.05, 4.69) is 25.2 Å². The standard InChI is InChI=1S/C24H31N5O2/c1-24(2,3)31-21-9-5-4-8-20(21)26-14-18(30)13-17-7-6-12-29(15-17)23-19-10-11-25-22(19)27-16-28-23/h4-5,8-11,16-17,26H,6-7,12-15H2,1-3H3,(H,25,27,28)/t17-/m0/s1. The van der Waals surface area contributed by atoms with E-state index in [1.165, 1.54) is 0 Å². The molecule has 1 atom stereocenters. The van der Waals surface area contributed by atoms with Crippen LogP contribution in [0.3, 0.4) is 0 Å². The number of para-hydroxylation sites is 2. The summed E-state index contributed by atoms with van der Waals surface area (Å²) in [4.78, 5) is 27.0. The van der Waals surface area contributed by atoms with Gasteiger partial charge < -0.3 is 19.9 Å². The Bertz CT molecular complexity index is 1040. The normalized spacial score (nSPS) is 17.0. The number of rotatable bonds is 7. The quantitative estimate of drug-likeness (QED) is 0.587. The van der Waals surface area contributed by atoms with Crippen LogP contribution in [0.2, 0.25) is 0 Å². The fraction of sp³-hybridized carbons (Fsp3) is 0.458. The number of aromatic nitrogens is 3. The maximum atomic E-state index is 12.7. The molecule has 3 aromatic rings. The van der Waals surface area contributed by atoms with E-state index >= 15 is 0 Å². The van der Waals surface area contributed by atoms with Crippen molar-refractivity contribution in [1.29, 1.82) is 0 Å². The summed E-state index contributed by atoms with van der Waals surface area (Å²) in [7, 11) is 0. The lowest BCUT2D eigenvalue weighted by Crippen LogP contribution is -2.37. The van der Waals surface area contributed by atoms with E-state index in [4.69, 9.17) is 4.74 Å². The monoisotopic (exact) mass is 421 g/mol. The van der Waals surface area contributed by atoms with E-state index in [0.29, 0.717) is 18.9 Å². The second kappa shape index (κ2) is 8.96. The second-order valence-corrected chi connectivity index (χ2v) is 9.20. The zero-order chi connectivity index (χ0) is 21.8. The number of nitrogens with one attached hydrogen (secondary N) is 2. The number of benzene rings is 1. The molecule has 0 spiro atoms. The molecule has 7 heteroatoms. The van der Waals surface area contributed by atoms with Gasteiger partial charge in [-0.05, 0) is 57.7 Å². The summed E-state index contributed by atoms with van der Waals surface area (Å²) in [6, 6.07) is 9.79. The first-order valence-electron chi connectivity index (χ1n) is 11.0. The molecule has 0 aliphatic carbocycles. The highest BCUT2D eigenvalue weighted by Crippen LogP contribution is 2.29. The second-order valence-electron chi connectivity index (χ2n) is 9.20. The summed E-state index contributed by atoms with van der Waals surface area (Å²) in [6.45, 7) is 8.15. The number of ketones is 1. The van der Waals surface area contributed by atoms with Gasteiger partial charge in [-0.15, -0.1) is 0 Å². The summed E-state index contributed by atoms with van der Waals surface area (Å²) in [5, 5.41) is 4.31. The highest BCUT2D eigenvalue weighted by Gasteiger charge is 2.24. The van der Waals surface area contributed by atoms with E-state index in [-0.39, 0.29) is 11.4 Å². The molecule has 1 aromatic carbocycles. The minimum atomic E-state index is -0.292. The number of carbonyl (C=O) groups is 1. The van der Waals surface area contributed by atoms with E-state index in [1.807, 2.05) is 57.3 Å². The highest BCUT2D eigenvalue weighted by molar-refractivity contribution is 5.87. The molecular formula is C24H31N5O2. The van der Waals surface area contributed by atoms with Crippen LogP contribution in [0.4, 0.5) is 11.5 Å². The fourth-order valence-electron chi connectivity index (χ4n) is 4.15. The van der Waals surface area contributed by atoms with Crippen LogP contribution in [-0.2, 0) is 4.79 Å². The van der Waals surface area contributed by atoms with Crippen LogP contribution >= 0.6 is 0 Å². The van der Waals surface area contributed by atoms with Crippen molar-refractivity contribution in [2.75, 3.05) is 29.9 Å². The maximum Gasteiger partial charge on any atom is 0.152 e.